The molecule has 148 valence electrons. The highest BCUT2D eigenvalue weighted by molar-refractivity contribution is 5.91. The van der Waals surface area contributed by atoms with E-state index in [2.05, 4.69) is 16.5 Å². The number of amides is 1. The number of nitrogens with one attached hydrogen (secondary N) is 1. The van der Waals surface area contributed by atoms with Crippen molar-refractivity contribution in [1.82, 2.24) is 15.1 Å². The number of carbonyl (C=O) groups is 1. The molecule has 0 spiro atoms. The van der Waals surface area contributed by atoms with E-state index >= 15 is 0 Å². The summed E-state index contributed by atoms with van der Waals surface area (Å²) in [6.07, 6.45) is 1.90. The fourth-order valence-corrected chi connectivity index (χ4v) is 3.12. The molecule has 0 radical (unpaired) electrons. The Kier molecular flexibility index (Phi) is 5.33. The molecule has 0 aliphatic carbocycles. The maximum Gasteiger partial charge on any atom is 0.287 e. The first kappa shape index (κ1) is 18.8. The zero-order valence-corrected chi connectivity index (χ0v) is 16.5. The molecule has 0 aliphatic rings. The minimum atomic E-state index is -0.277. The first-order valence-corrected chi connectivity index (χ1v) is 9.67. The van der Waals surface area contributed by atoms with Crippen molar-refractivity contribution >= 4 is 16.7 Å². The van der Waals surface area contributed by atoms with Gasteiger partial charge in [0, 0.05) is 12.7 Å². The van der Waals surface area contributed by atoms with Gasteiger partial charge in [0.15, 0.2) is 5.76 Å². The zero-order chi connectivity index (χ0) is 20.2. The summed E-state index contributed by atoms with van der Waals surface area (Å²) in [6.45, 7) is 4.96. The van der Waals surface area contributed by atoms with Gasteiger partial charge in [0.2, 0.25) is 0 Å². The van der Waals surface area contributed by atoms with Crippen molar-refractivity contribution in [2.75, 3.05) is 0 Å². The molecule has 4 rings (SSSR count). The fraction of sp³-hybridized carbons (Fsp3) is 0.217. The standard InChI is InChI=1S/C23H23N3O3/c1-3-26-13-12-21(25-26)16(2)24-23(27)22-11-10-20(29-22)15-28-19-9-8-17-6-4-5-7-18(17)14-19/h4-14,16H,3,15H2,1-2H3,(H,24,27). The molecule has 1 amide bonds. The number of hydrogen-bond acceptors (Lipinski definition) is 4. The van der Waals surface area contributed by atoms with Crippen LogP contribution in [0.1, 0.15) is 41.9 Å². The molecule has 2 aromatic carbocycles. The van der Waals surface area contributed by atoms with Crippen LogP contribution in [0.25, 0.3) is 10.8 Å². The highest BCUT2D eigenvalue weighted by Gasteiger charge is 2.17. The number of aromatic nitrogens is 2. The van der Waals surface area contributed by atoms with E-state index in [4.69, 9.17) is 9.15 Å². The number of carbonyl (C=O) groups excluding carboxylic acids is 1. The summed E-state index contributed by atoms with van der Waals surface area (Å²) in [7, 11) is 0. The zero-order valence-electron chi connectivity index (χ0n) is 16.5. The van der Waals surface area contributed by atoms with Crippen LogP contribution in [-0.4, -0.2) is 15.7 Å². The molecule has 2 heterocycles. The van der Waals surface area contributed by atoms with Crippen LogP contribution < -0.4 is 10.1 Å². The highest BCUT2D eigenvalue weighted by Crippen LogP contribution is 2.22. The normalized spacial score (nSPS) is 12.1. The van der Waals surface area contributed by atoms with Crippen molar-refractivity contribution in [3.05, 3.63) is 84.1 Å². The Morgan fingerprint density at radius 2 is 1.97 bits per heavy atom. The minimum absolute atomic E-state index is 0.210. The Labute approximate surface area is 169 Å². The van der Waals surface area contributed by atoms with E-state index in [1.807, 2.05) is 67.2 Å². The molecule has 0 aliphatic heterocycles. The van der Waals surface area contributed by atoms with Crippen LogP contribution in [0.5, 0.6) is 5.75 Å². The van der Waals surface area contributed by atoms with Gasteiger partial charge in [-0.3, -0.25) is 9.48 Å². The van der Waals surface area contributed by atoms with Gasteiger partial charge < -0.3 is 14.5 Å². The summed E-state index contributed by atoms with van der Waals surface area (Å²) in [6, 6.07) is 19.2. The maximum absolute atomic E-state index is 12.5. The lowest BCUT2D eigenvalue weighted by atomic mass is 10.1. The molecule has 0 bridgehead atoms. The molecule has 6 heteroatoms. The van der Waals surface area contributed by atoms with E-state index in [9.17, 15) is 4.79 Å². The third-order valence-corrected chi connectivity index (χ3v) is 4.76. The quantitative estimate of drug-likeness (QED) is 0.497. The molecule has 1 unspecified atom stereocenters. The summed E-state index contributed by atoms with van der Waals surface area (Å²) in [5.41, 5.74) is 0.812. The SMILES string of the molecule is CCn1ccc(C(C)NC(=O)c2ccc(COc3ccc4ccccc4c3)o2)n1. The van der Waals surface area contributed by atoms with Crippen molar-refractivity contribution in [1.29, 1.82) is 0 Å². The number of benzene rings is 2. The van der Waals surface area contributed by atoms with Gasteiger partial charge in [-0.15, -0.1) is 0 Å². The Balaban J connectivity index is 1.36. The Morgan fingerprint density at radius 3 is 2.76 bits per heavy atom. The third kappa shape index (κ3) is 4.32. The van der Waals surface area contributed by atoms with Gasteiger partial charge in [-0.1, -0.05) is 30.3 Å². The van der Waals surface area contributed by atoms with Gasteiger partial charge in [0.1, 0.15) is 18.1 Å². The summed E-state index contributed by atoms with van der Waals surface area (Å²) in [4.78, 5) is 12.5. The van der Waals surface area contributed by atoms with Gasteiger partial charge in [0.25, 0.3) is 5.91 Å². The number of rotatable bonds is 7. The largest absolute Gasteiger partial charge is 0.486 e. The van der Waals surface area contributed by atoms with Gasteiger partial charge in [-0.05, 0) is 55.0 Å². The average Bonchev–Trinajstić information content (AvgIpc) is 3.41. The minimum Gasteiger partial charge on any atom is -0.486 e. The van der Waals surface area contributed by atoms with Crippen molar-refractivity contribution in [2.45, 2.75) is 33.0 Å². The van der Waals surface area contributed by atoms with Gasteiger partial charge in [-0.2, -0.15) is 5.10 Å². The van der Waals surface area contributed by atoms with Crippen LogP contribution in [-0.2, 0) is 13.2 Å². The Hall–Kier alpha value is -3.54. The summed E-state index contributed by atoms with van der Waals surface area (Å²) >= 11 is 0. The second-order valence-electron chi connectivity index (χ2n) is 6.86. The van der Waals surface area contributed by atoms with Crippen molar-refractivity contribution in [3.63, 3.8) is 0 Å². The van der Waals surface area contributed by atoms with Crippen molar-refractivity contribution in [3.8, 4) is 5.75 Å². The van der Waals surface area contributed by atoms with Crippen LogP contribution in [0.3, 0.4) is 0 Å². The smallest absolute Gasteiger partial charge is 0.287 e. The van der Waals surface area contributed by atoms with Gasteiger partial charge in [0.05, 0.1) is 11.7 Å². The van der Waals surface area contributed by atoms with E-state index < -0.39 is 0 Å². The molecule has 29 heavy (non-hydrogen) atoms. The average molecular weight is 389 g/mol. The molecule has 1 atom stereocenters. The molecule has 6 nitrogen and oxygen atoms in total. The predicted molar refractivity (Wildman–Crippen MR) is 111 cm³/mol. The van der Waals surface area contributed by atoms with Crippen molar-refractivity contribution < 1.29 is 13.9 Å². The number of hydrogen-bond donors (Lipinski definition) is 1. The number of furan rings is 1. The van der Waals surface area contributed by atoms with Gasteiger partial charge in [-0.25, -0.2) is 0 Å². The van der Waals surface area contributed by atoms with Crippen LogP contribution in [0.2, 0.25) is 0 Å². The molecule has 0 saturated carbocycles. The monoisotopic (exact) mass is 389 g/mol. The number of fused-ring (bicyclic) bond motifs is 1. The predicted octanol–water partition coefficient (Wildman–Crippen LogP) is 4.72. The van der Waals surface area contributed by atoms with E-state index in [0.717, 1.165) is 28.8 Å². The van der Waals surface area contributed by atoms with Crippen molar-refractivity contribution in [2.24, 2.45) is 0 Å². The number of nitrogens with zero attached hydrogens (tertiary/aromatic N) is 2. The maximum atomic E-state index is 12.5. The highest BCUT2D eigenvalue weighted by atomic mass is 16.5. The molecule has 0 saturated heterocycles. The number of aryl methyl sites for hydroxylation is 1. The molecule has 2 aromatic heterocycles. The lowest BCUT2D eigenvalue weighted by molar-refractivity contribution is 0.0907. The van der Waals surface area contributed by atoms with Gasteiger partial charge >= 0.3 is 0 Å². The fourth-order valence-electron chi connectivity index (χ4n) is 3.12. The van der Waals surface area contributed by atoms with E-state index in [1.165, 1.54) is 0 Å². The number of ether oxygens (including phenoxy) is 1. The van der Waals surface area contributed by atoms with E-state index in [0.29, 0.717) is 5.76 Å². The second kappa shape index (κ2) is 8.22. The molecule has 4 aromatic rings. The Bertz CT molecular complexity index is 1130. The van der Waals surface area contributed by atoms with Crippen LogP contribution in [0.4, 0.5) is 0 Å². The first-order chi connectivity index (χ1) is 14.1. The summed E-state index contributed by atoms with van der Waals surface area (Å²) in [5, 5.41) is 9.60. The Morgan fingerprint density at radius 1 is 1.14 bits per heavy atom. The lowest BCUT2D eigenvalue weighted by Gasteiger charge is -2.10. The topological polar surface area (TPSA) is 69.3 Å². The lowest BCUT2D eigenvalue weighted by Crippen LogP contribution is -2.26. The molecular formula is C23H23N3O3. The second-order valence-corrected chi connectivity index (χ2v) is 6.86. The van der Waals surface area contributed by atoms with Crippen LogP contribution in [0, 0.1) is 0 Å². The summed E-state index contributed by atoms with van der Waals surface area (Å²) < 4.78 is 13.3. The van der Waals surface area contributed by atoms with Crippen LogP contribution >= 0.6 is 0 Å². The summed E-state index contributed by atoms with van der Waals surface area (Å²) in [5.74, 6) is 1.32. The molecule has 1 N–H and O–H groups in total. The third-order valence-electron chi connectivity index (χ3n) is 4.76. The molecular weight excluding hydrogens is 366 g/mol. The first-order valence-electron chi connectivity index (χ1n) is 9.67. The molecule has 0 fully saturated rings. The van der Waals surface area contributed by atoms with E-state index in [-0.39, 0.29) is 24.3 Å². The van der Waals surface area contributed by atoms with E-state index in [1.54, 1.807) is 12.1 Å². The van der Waals surface area contributed by atoms with Crippen LogP contribution in [0.15, 0.2) is 71.3 Å².